The molecule has 0 bridgehead atoms. The number of amides is 1. The molecular formula is C16H22N2O5. The third kappa shape index (κ3) is 7.42. The largest absolute Gasteiger partial charge is 0.481 e. The molecule has 0 saturated heterocycles. The molecule has 0 aliphatic rings. The van der Waals surface area contributed by atoms with Crippen molar-refractivity contribution in [3.8, 4) is 0 Å². The number of carbonyl (C=O) groups is 3. The Hall–Kier alpha value is -2.41. The van der Waals surface area contributed by atoms with Crippen molar-refractivity contribution in [1.29, 1.82) is 0 Å². The van der Waals surface area contributed by atoms with Crippen LogP contribution in [0.1, 0.15) is 24.8 Å². The zero-order chi connectivity index (χ0) is 17.2. The van der Waals surface area contributed by atoms with Gasteiger partial charge in [-0.15, -0.1) is 0 Å². The fraction of sp³-hybridized carbons (Fsp3) is 0.438. The monoisotopic (exact) mass is 322 g/mol. The van der Waals surface area contributed by atoms with E-state index in [1.807, 2.05) is 30.3 Å². The van der Waals surface area contributed by atoms with Crippen molar-refractivity contribution >= 4 is 17.8 Å². The lowest BCUT2D eigenvalue weighted by Gasteiger charge is -2.22. The van der Waals surface area contributed by atoms with Crippen LogP contribution in [0.2, 0.25) is 0 Å². The maximum absolute atomic E-state index is 12.3. The van der Waals surface area contributed by atoms with Crippen LogP contribution < -0.4 is 5.73 Å². The quantitative estimate of drug-likeness (QED) is 0.584. The molecule has 1 aromatic rings. The van der Waals surface area contributed by atoms with Crippen LogP contribution in [0.25, 0.3) is 0 Å². The van der Waals surface area contributed by atoms with Gasteiger partial charge >= 0.3 is 11.9 Å². The standard InChI is InChI=1S/C16H22N2O5/c17-13(16(22)23)7-4-9-18(10-8-15(20)21)14(19)11-12-5-2-1-3-6-12/h1-3,5-6,13H,4,7-11,17H2,(H,20,21)(H,22,23)/t13-/m0/s1. The number of rotatable bonds is 10. The number of hydrogen-bond acceptors (Lipinski definition) is 4. The van der Waals surface area contributed by atoms with E-state index >= 15 is 0 Å². The van der Waals surface area contributed by atoms with Crippen molar-refractivity contribution in [3.63, 3.8) is 0 Å². The first-order chi connectivity index (χ1) is 10.9. The molecule has 0 aliphatic carbocycles. The highest BCUT2D eigenvalue weighted by atomic mass is 16.4. The predicted octanol–water partition coefficient (Wildman–Crippen LogP) is 0.724. The molecule has 0 heterocycles. The highest BCUT2D eigenvalue weighted by Gasteiger charge is 2.17. The van der Waals surface area contributed by atoms with Crippen molar-refractivity contribution in [3.05, 3.63) is 35.9 Å². The smallest absolute Gasteiger partial charge is 0.320 e. The van der Waals surface area contributed by atoms with Crippen LogP contribution in [-0.4, -0.2) is 52.1 Å². The predicted molar refractivity (Wildman–Crippen MR) is 83.8 cm³/mol. The molecule has 1 amide bonds. The lowest BCUT2D eigenvalue weighted by Crippen LogP contribution is -2.36. The van der Waals surface area contributed by atoms with E-state index in [0.29, 0.717) is 13.0 Å². The van der Waals surface area contributed by atoms with Crippen LogP contribution in [-0.2, 0) is 20.8 Å². The number of benzene rings is 1. The summed E-state index contributed by atoms with van der Waals surface area (Å²) in [5.41, 5.74) is 6.27. The molecule has 126 valence electrons. The van der Waals surface area contributed by atoms with Gasteiger partial charge in [0, 0.05) is 13.1 Å². The van der Waals surface area contributed by atoms with Gasteiger partial charge in [-0.1, -0.05) is 30.3 Å². The third-order valence-corrected chi connectivity index (χ3v) is 3.41. The Kier molecular flexibility index (Phi) is 7.76. The van der Waals surface area contributed by atoms with Crippen molar-refractivity contribution in [2.75, 3.05) is 13.1 Å². The molecule has 0 fully saturated rings. The number of aliphatic carboxylic acids is 2. The molecule has 1 atom stereocenters. The van der Waals surface area contributed by atoms with E-state index in [1.165, 1.54) is 4.90 Å². The number of nitrogens with two attached hydrogens (primary N) is 1. The van der Waals surface area contributed by atoms with E-state index in [0.717, 1.165) is 5.56 Å². The Morgan fingerprint density at radius 2 is 1.74 bits per heavy atom. The molecule has 1 rings (SSSR count). The van der Waals surface area contributed by atoms with E-state index in [9.17, 15) is 14.4 Å². The summed E-state index contributed by atoms with van der Waals surface area (Å²) in [6.07, 6.45) is 0.683. The Balaban J connectivity index is 2.58. The van der Waals surface area contributed by atoms with Gasteiger partial charge in [0.1, 0.15) is 6.04 Å². The normalized spacial score (nSPS) is 11.7. The summed E-state index contributed by atoms with van der Waals surface area (Å²) in [7, 11) is 0. The third-order valence-electron chi connectivity index (χ3n) is 3.41. The van der Waals surface area contributed by atoms with Gasteiger partial charge in [-0.05, 0) is 18.4 Å². The first-order valence-corrected chi connectivity index (χ1v) is 7.42. The Morgan fingerprint density at radius 3 is 2.30 bits per heavy atom. The zero-order valence-electron chi connectivity index (χ0n) is 12.9. The summed E-state index contributed by atoms with van der Waals surface area (Å²) in [6, 6.07) is 8.19. The highest BCUT2D eigenvalue weighted by molar-refractivity contribution is 5.79. The fourth-order valence-electron chi connectivity index (χ4n) is 2.10. The minimum Gasteiger partial charge on any atom is -0.481 e. The molecule has 7 nitrogen and oxygen atoms in total. The first kappa shape index (κ1) is 18.6. The molecule has 0 saturated carbocycles. The van der Waals surface area contributed by atoms with Crippen LogP contribution in [0.3, 0.4) is 0 Å². The minimum atomic E-state index is -1.09. The average Bonchev–Trinajstić information content (AvgIpc) is 2.50. The van der Waals surface area contributed by atoms with E-state index in [1.54, 1.807) is 0 Å². The fourth-order valence-corrected chi connectivity index (χ4v) is 2.10. The second-order valence-corrected chi connectivity index (χ2v) is 5.27. The van der Waals surface area contributed by atoms with Gasteiger partial charge < -0.3 is 20.8 Å². The number of nitrogens with zero attached hydrogens (tertiary/aromatic N) is 1. The number of carboxylic acid groups (broad SMARTS) is 2. The molecule has 23 heavy (non-hydrogen) atoms. The van der Waals surface area contributed by atoms with Gasteiger partial charge in [0.05, 0.1) is 12.8 Å². The molecule has 4 N–H and O–H groups in total. The van der Waals surface area contributed by atoms with E-state index in [2.05, 4.69) is 0 Å². The lowest BCUT2D eigenvalue weighted by atomic mass is 10.1. The second kappa shape index (κ2) is 9.58. The molecule has 0 aromatic heterocycles. The van der Waals surface area contributed by atoms with Gasteiger partial charge in [0.15, 0.2) is 0 Å². The summed E-state index contributed by atoms with van der Waals surface area (Å²) >= 11 is 0. The highest BCUT2D eigenvalue weighted by Crippen LogP contribution is 2.06. The topological polar surface area (TPSA) is 121 Å². The van der Waals surface area contributed by atoms with Gasteiger partial charge in [-0.25, -0.2) is 0 Å². The Labute approximate surface area is 134 Å². The summed E-state index contributed by atoms with van der Waals surface area (Å²) in [6.45, 7) is 0.392. The average molecular weight is 322 g/mol. The van der Waals surface area contributed by atoms with Gasteiger partial charge in [-0.2, -0.15) is 0 Å². The van der Waals surface area contributed by atoms with Crippen molar-refractivity contribution in [2.24, 2.45) is 5.73 Å². The lowest BCUT2D eigenvalue weighted by molar-refractivity contribution is -0.139. The number of hydrogen-bond donors (Lipinski definition) is 3. The second-order valence-electron chi connectivity index (χ2n) is 5.27. The molecular weight excluding hydrogens is 300 g/mol. The van der Waals surface area contributed by atoms with Crippen LogP contribution >= 0.6 is 0 Å². The van der Waals surface area contributed by atoms with Crippen LogP contribution in [0.4, 0.5) is 0 Å². The summed E-state index contributed by atoms with van der Waals surface area (Å²) < 4.78 is 0. The van der Waals surface area contributed by atoms with Crippen LogP contribution in [0.15, 0.2) is 30.3 Å². The molecule has 0 radical (unpaired) electrons. The maximum Gasteiger partial charge on any atom is 0.320 e. The molecule has 7 heteroatoms. The Morgan fingerprint density at radius 1 is 1.09 bits per heavy atom. The molecule has 0 spiro atoms. The minimum absolute atomic E-state index is 0.101. The van der Waals surface area contributed by atoms with Gasteiger partial charge in [-0.3, -0.25) is 14.4 Å². The zero-order valence-corrected chi connectivity index (χ0v) is 12.9. The van der Waals surface area contributed by atoms with Gasteiger partial charge in [0.25, 0.3) is 0 Å². The van der Waals surface area contributed by atoms with E-state index in [4.69, 9.17) is 15.9 Å². The van der Waals surface area contributed by atoms with Crippen LogP contribution in [0, 0.1) is 0 Å². The Bertz CT molecular complexity index is 533. The van der Waals surface area contributed by atoms with E-state index in [-0.39, 0.29) is 31.7 Å². The van der Waals surface area contributed by atoms with E-state index < -0.39 is 18.0 Å². The molecule has 1 aromatic carbocycles. The first-order valence-electron chi connectivity index (χ1n) is 7.42. The van der Waals surface area contributed by atoms with Crippen molar-refractivity contribution in [2.45, 2.75) is 31.7 Å². The summed E-state index contributed by atoms with van der Waals surface area (Å²) in [5.74, 6) is -2.25. The molecule has 0 aliphatic heterocycles. The maximum atomic E-state index is 12.3. The summed E-state index contributed by atoms with van der Waals surface area (Å²) in [4.78, 5) is 35.2. The number of carbonyl (C=O) groups excluding carboxylic acids is 1. The van der Waals surface area contributed by atoms with Crippen molar-refractivity contribution < 1.29 is 24.6 Å². The molecule has 0 unspecified atom stereocenters. The van der Waals surface area contributed by atoms with Crippen molar-refractivity contribution in [1.82, 2.24) is 4.90 Å². The van der Waals surface area contributed by atoms with Crippen LogP contribution in [0.5, 0.6) is 0 Å². The summed E-state index contributed by atoms with van der Waals surface area (Å²) in [5, 5.41) is 17.5. The SMILES string of the molecule is N[C@@H](CCCN(CCC(=O)O)C(=O)Cc1ccccc1)C(=O)O. The van der Waals surface area contributed by atoms with Gasteiger partial charge in [0.2, 0.25) is 5.91 Å². The number of carboxylic acids is 2.